The highest BCUT2D eigenvalue weighted by molar-refractivity contribution is 7.98. The van der Waals surface area contributed by atoms with Gasteiger partial charge in [0.05, 0.1) is 0 Å². The molecule has 3 N–H and O–H groups in total. The molecule has 1 heterocycles. The number of carbonyl (C=O) groups is 2. The molecule has 1 aromatic rings. The van der Waals surface area contributed by atoms with Crippen molar-refractivity contribution in [2.75, 3.05) is 19.3 Å². The molecule has 22 heavy (non-hydrogen) atoms. The molecule has 1 aromatic carbocycles. The lowest BCUT2D eigenvalue weighted by molar-refractivity contribution is -0.123. The SMILES string of the molecule is CSc1cc(C)ccc1CNC(=O)N1CCC(C(N)=O)CC1. The molecule has 0 radical (unpaired) electrons. The van der Waals surface area contributed by atoms with Gasteiger partial charge in [0.2, 0.25) is 5.91 Å². The number of piperidine rings is 1. The largest absolute Gasteiger partial charge is 0.369 e. The van der Waals surface area contributed by atoms with Crippen molar-refractivity contribution in [3.63, 3.8) is 0 Å². The molecule has 3 amide bonds. The fraction of sp³-hybridized carbons (Fsp3) is 0.500. The predicted molar refractivity (Wildman–Crippen MR) is 88.7 cm³/mol. The first kappa shape index (κ1) is 16.7. The van der Waals surface area contributed by atoms with E-state index in [1.54, 1.807) is 16.7 Å². The maximum absolute atomic E-state index is 12.2. The Balaban J connectivity index is 1.87. The highest BCUT2D eigenvalue weighted by Gasteiger charge is 2.25. The molecule has 0 aliphatic carbocycles. The van der Waals surface area contributed by atoms with Crippen molar-refractivity contribution in [1.29, 1.82) is 0 Å². The Kier molecular flexibility index (Phi) is 5.71. The molecule has 0 atom stereocenters. The molecule has 0 spiro atoms. The Hall–Kier alpha value is -1.69. The van der Waals surface area contributed by atoms with Crippen LogP contribution >= 0.6 is 11.8 Å². The molecule has 1 saturated heterocycles. The van der Waals surface area contributed by atoms with Gasteiger partial charge < -0.3 is 16.0 Å². The van der Waals surface area contributed by atoms with Gasteiger partial charge in [-0.1, -0.05) is 12.1 Å². The third-order valence-electron chi connectivity index (χ3n) is 4.06. The van der Waals surface area contributed by atoms with Gasteiger partial charge in [-0.15, -0.1) is 11.8 Å². The highest BCUT2D eigenvalue weighted by Crippen LogP contribution is 2.22. The number of nitrogens with two attached hydrogens (primary N) is 1. The number of nitrogens with one attached hydrogen (secondary N) is 1. The zero-order valence-corrected chi connectivity index (χ0v) is 13.9. The van der Waals surface area contributed by atoms with Gasteiger partial charge >= 0.3 is 6.03 Å². The van der Waals surface area contributed by atoms with E-state index in [1.165, 1.54) is 10.5 Å². The van der Waals surface area contributed by atoms with Gasteiger partial charge in [-0.05, 0) is 43.2 Å². The minimum absolute atomic E-state index is 0.0736. The van der Waals surface area contributed by atoms with Crippen molar-refractivity contribution < 1.29 is 9.59 Å². The molecule has 0 saturated carbocycles. The van der Waals surface area contributed by atoms with E-state index in [0.717, 1.165) is 5.56 Å². The number of urea groups is 1. The summed E-state index contributed by atoms with van der Waals surface area (Å²) in [5, 5.41) is 2.96. The summed E-state index contributed by atoms with van der Waals surface area (Å²) in [5.41, 5.74) is 7.65. The molecular formula is C16H23N3O2S. The van der Waals surface area contributed by atoms with E-state index in [4.69, 9.17) is 5.73 Å². The van der Waals surface area contributed by atoms with Crippen LogP contribution in [-0.2, 0) is 11.3 Å². The summed E-state index contributed by atoms with van der Waals surface area (Å²) in [6.45, 7) is 3.75. The fourth-order valence-electron chi connectivity index (χ4n) is 2.65. The second-order valence-corrected chi connectivity index (χ2v) is 6.49. The van der Waals surface area contributed by atoms with Crippen LogP contribution in [0.5, 0.6) is 0 Å². The Morgan fingerprint density at radius 3 is 2.64 bits per heavy atom. The number of likely N-dealkylation sites (tertiary alicyclic amines) is 1. The van der Waals surface area contributed by atoms with E-state index < -0.39 is 0 Å². The molecule has 1 aliphatic rings. The summed E-state index contributed by atoms with van der Waals surface area (Å²) in [5.74, 6) is -0.353. The number of primary amides is 1. The van der Waals surface area contributed by atoms with Crippen molar-refractivity contribution >= 4 is 23.7 Å². The first-order chi connectivity index (χ1) is 10.5. The van der Waals surface area contributed by atoms with Gasteiger partial charge in [-0.3, -0.25) is 4.79 Å². The predicted octanol–water partition coefficient (Wildman–Crippen LogP) is 2.12. The molecule has 0 bridgehead atoms. The summed E-state index contributed by atoms with van der Waals surface area (Å²) in [6.07, 6.45) is 3.35. The molecule has 120 valence electrons. The number of amides is 3. The van der Waals surface area contributed by atoms with Crippen molar-refractivity contribution in [3.05, 3.63) is 29.3 Å². The molecule has 5 nitrogen and oxygen atoms in total. The van der Waals surface area contributed by atoms with Crippen LogP contribution in [0.3, 0.4) is 0 Å². The summed E-state index contributed by atoms with van der Waals surface area (Å²) in [6, 6.07) is 6.17. The van der Waals surface area contributed by atoms with Gasteiger partial charge in [0.15, 0.2) is 0 Å². The molecule has 6 heteroatoms. The lowest BCUT2D eigenvalue weighted by Crippen LogP contribution is -2.46. The van der Waals surface area contributed by atoms with Crippen LogP contribution in [0.25, 0.3) is 0 Å². The quantitative estimate of drug-likeness (QED) is 0.834. The second-order valence-electron chi connectivity index (χ2n) is 5.64. The van der Waals surface area contributed by atoms with Gasteiger partial charge in [-0.2, -0.15) is 0 Å². The Bertz CT molecular complexity index is 554. The number of carbonyl (C=O) groups excluding carboxylic acids is 2. The van der Waals surface area contributed by atoms with E-state index in [1.807, 2.05) is 6.26 Å². The van der Waals surface area contributed by atoms with Crippen molar-refractivity contribution in [2.45, 2.75) is 31.2 Å². The fourth-order valence-corrected chi connectivity index (χ4v) is 3.35. The van der Waals surface area contributed by atoms with Crippen LogP contribution in [0, 0.1) is 12.8 Å². The molecule has 1 aliphatic heterocycles. The van der Waals surface area contributed by atoms with Gasteiger partial charge in [0, 0.05) is 30.4 Å². The monoisotopic (exact) mass is 321 g/mol. The second kappa shape index (κ2) is 7.54. The van der Waals surface area contributed by atoms with E-state index >= 15 is 0 Å². The first-order valence-electron chi connectivity index (χ1n) is 7.47. The highest BCUT2D eigenvalue weighted by atomic mass is 32.2. The zero-order valence-electron chi connectivity index (χ0n) is 13.1. The summed E-state index contributed by atoms with van der Waals surface area (Å²) >= 11 is 1.68. The van der Waals surface area contributed by atoms with Crippen LogP contribution in [0.2, 0.25) is 0 Å². The molecule has 1 fully saturated rings. The Morgan fingerprint density at radius 2 is 2.05 bits per heavy atom. The number of aryl methyl sites for hydroxylation is 1. The minimum atomic E-state index is -0.260. The lowest BCUT2D eigenvalue weighted by Gasteiger charge is -2.30. The number of rotatable bonds is 4. The number of hydrogen-bond acceptors (Lipinski definition) is 3. The number of thioether (sulfide) groups is 1. The van der Waals surface area contributed by atoms with Crippen LogP contribution in [0.15, 0.2) is 23.1 Å². The van der Waals surface area contributed by atoms with Crippen LogP contribution in [0.1, 0.15) is 24.0 Å². The summed E-state index contributed by atoms with van der Waals surface area (Å²) in [7, 11) is 0. The third-order valence-corrected chi connectivity index (χ3v) is 4.88. The standard InChI is InChI=1S/C16H23N3O2S/c1-11-3-4-13(14(9-11)22-2)10-18-16(21)19-7-5-12(6-8-19)15(17)20/h3-4,9,12H,5-8,10H2,1-2H3,(H2,17,20)(H,18,21). The zero-order chi connectivity index (χ0) is 16.1. The molecular weight excluding hydrogens is 298 g/mol. The van der Waals surface area contributed by atoms with Crippen molar-refractivity contribution in [2.24, 2.45) is 11.7 Å². The van der Waals surface area contributed by atoms with Crippen LogP contribution in [0.4, 0.5) is 4.79 Å². The number of hydrogen-bond donors (Lipinski definition) is 2. The average molecular weight is 321 g/mol. The Labute approximate surface area is 135 Å². The number of benzene rings is 1. The van der Waals surface area contributed by atoms with Crippen LogP contribution in [-0.4, -0.2) is 36.2 Å². The third kappa shape index (κ3) is 4.16. The smallest absolute Gasteiger partial charge is 0.317 e. The van der Waals surface area contributed by atoms with Crippen molar-refractivity contribution in [1.82, 2.24) is 10.2 Å². The molecule has 0 unspecified atom stereocenters. The topological polar surface area (TPSA) is 75.4 Å². The molecule has 0 aromatic heterocycles. The lowest BCUT2D eigenvalue weighted by atomic mass is 9.96. The molecule has 2 rings (SSSR count). The normalized spacial score (nSPS) is 15.6. The van der Waals surface area contributed by atoms with E-state index in [2.05, 4.69) is 30.4 Å². The first-order valence-corrected chi connectivity index (χ1v) is 8.69. The average Bonchev–Trinajstić information content (AvgIpc) is 2.53. The maximum atomic E-state index is 12.2. The Morgan fingerprint density at radius 1 is 1.36 bits per heavy atom. The van der Waals surface area contributed by atoms with Crippen LogP contribution < -0.4 is 11.1 Å². The van der Waals surface area contributed by atoms with Gasteiger partial charge in [0.1, 0.15) is 0 Å². The van der Waals surface area contributed by atoms with E-state index in [9.17, 15) is 9.59 Å². The van der Waals surface area contributed by atoms with E-state index in [-0.39, 0.29) is 17.9 Å². The summed E-state index contributed by atoms with van der Waals surface area (Å²) < 4.78 is 0. The van der Waals surface area contributed by atoms with Crippen molar-refractivity contribution in [3.8, 4) is 0 Å². The van der Waals surface area contributed by atoms with Gasteiger partial charge in [0.25, 0.3) is 0 Å². The minimum Gasteiger partial charge on any atom is -0.369 e. The maximum Gasteiger partial charge on any atom is 0.317 e. The summed E-state index contributed by atoms with van der Waals surface area (Å²) in [4.78, 5) is 26.3. The number of nitrogens with zero attached hydrogens (tertiary/aromatic N) is 1. The van der Waals surface area contributed by atoms with E-state index in [0.29, 0.717) is 32.5 Å². The van der Waals surface area contributed by atoms with Gasteiger partial charge in [-0.25, -0.2) is 4.79 Å².